The van der Waals surface area contributed by atoms with Crippen LogP contribution in [0.2, 0.25) is 0 Å². The number of amidine groups is 1. The van der Waals surface area contributed by atoms with Crippen molar-refractivity contribution >= 4 is 29.5 Å². The molecule has 0 aliphatic carbocycles. The molecule has 11 heteroatoms. The van der Waals surface area contributed by atoms with Gasteiger partial charge in [-0.05, 0) is 41.3 Å². The van der Waals surface area contributed by atoms with Crippen LogP contribution >= 0.6 is 0 Å². The summed E-state index contributed by atoms with van der Waals surface area (Å²) in [4.78, 5) is 26.4. The fourth-order valence-corrected chi connectivity index (χ4v) is 4.33. The van der Waals surface area contributed by atoms with Crippen molar-refractivity contribution in [3.63, 3.8) is 0 Å². The number of ether oxygens (including phenoxy) is 2. The summed E-state index contributed by atoms with van der Waals surface area (Å²) < 4.78 is 41.3. The summed E-state index contributed by atoms with van der Waals surface area (Å²) in [5, 5.41) is 7.00. The maximum Gasteiger partial charge on any atom is 0.300 e. The van der Waals surface area contributed by atoms with Crippen molar-refractivity contribution in [3.05, 3.63) is 101 Å². The van der Waals surface area contributed by atoms with Crippen LogP contribution in [0.15, 0.2) is 82.8 Å². The molecule has 44 heavy (non-hydrogen) atoms. The summed E-state index contributed by atoms with van der Waals surface area (Å²) in [5.74, 6) is -0.887. The summed E-state index contributed by atoms with van der Waals surface area (Å²) in [5.41, 5.74) is 10.0. The molecule has 0 saturated heterocycles. The minimum absolute atomic E-state index is 0.0241. The van der Waals surface area contributed by atoms with E-state index in [-0.39, 0.29) is 22.6 Å². The topological polar surface area (TPSA) is 135 Å². The van der Waals surface area contributed by atoms with E-state index in [1.54, 1.807) is 56.5 Å². The Labute approximate surface area is 252 Å². The lowest BCUT2D eigenvalue weighted by Crippen LogP contribution is -2.13. The van der Waals surface area contributed by atoms with Crippen molar-refractivity contribution in [3.8, 4) is 34.0 Å². The molecule has 0 amide bonds. The monoisotopic (exact) mass is 599 g/mol. The van der Waals surface area contributed by atoms with Gasteiger partial charge in [0.25, 0.3) is 6.01 Å². The molecule has 0 aliphatic heterocycles. The first kappa shape index (κ1) is 31.7. The van der Waals surface area contributed by atoms with Gasteiger partial charge in [0, 0.05) is 31.4 Å². The number of hydrogen-bond donors (Lipinski definition) is 3. The van der Waals surface area contributed by atoms with E-state index in [0.717, 1.165) is 35.6 Å². The number of carbonyl (C=O) groups is 1. The minimum Gasteiger partial charge on any atom is -0.426 e. The van der Waals surface area contributed by atoms with Gasteiger partial charge in [-0.15, -0.1) is 0 Å². The van der Waals surface area contributed by atoms with E-state index in [1.165, 1.54) is 12.4 Å². The standard InChI is InChI=1S/C32H27F2N5O3.CH4O/c1-19-3-12-25(15-24(19)17-40)42-32-38-27-16-26(33)28(29(34)30(27)39-32)22-8-4-20(5-9-22)21-6-10-23(11-7-21)31(35)37-18-36-13-14-41-2;1-2/h3-12,15-18H,13-14H2,1-2H3,(H,38,39)(H2,35,36,37);2H,1H3. The number of rotatable bonds is 10. The Morgan fingerprint density at radius 2 is 1.66 bits per heavy atom. The third-order valence-electron chi connectivity index (χ3n) is 6.63. The number of imidazole rings is 1. The SMILES string of the molecule is CO.COCCN=CN=C(N)c1ccc(-c2ccc(-c3c(F)cc4[nH]c(Oc5ccc(C)c(C=O)c5)nc4c3F)cc2)cc1. The molecule has 0 spiro atoms. The smallest absolute Gasteiger partial charge is 0.300 e. The number of aliphatic hydroxyl groups is 1. The van der Waals surface area contributed by atoms with Gasteiger partial charge in [-0.1, -0.05) is 54.6 Å². The number of H-pyrrole nitrogens is 1. The van der Waals surface area contributed by atoms with Crippen molar-refractivity contribution in [1.29, 1.82) is 0 Å². The number of halogens is 2. The Morgan fingerprint density at radius 1 is 1.00 bits per heavy atom. The molecule has 5 aromatic rings. The zero-order valence-corrected chi connectivity index (χ0v) is 24.3. The van der Waals surface area contributed by atoms with E-state index in [9.17, 15) is 4.79 Å². The molecule has 0 unspecified atom stereocenters. The summed E-state index contributed by atoms with van der Waals surface area (Å²) >= 11 is 0. The number of aromatic nitrogens is 2. The predicted octanol–water partition coefficient (Wildman–Crippen LogP) is 6.08. The number of aldehydes is 1. The Kier molecular flexibility index (Phi) is 10.6. The average molecular weight is 600 g/mol. The zero-order chi connectivity index (χ0) is 31.6. The third kappa shape index (κ3) is 7.20. The van der Waals surface area contributed by atoms with Gasteiger partial charge in [0.1, 0.15) is 35.5 Å². The van der Waals surface area contributed by atoms with Crippen LogP contribution in [0.3, 0.4) is 0 Å². The zero-order valence-electron chi connectivity index (χ0n) is 24.3. The molecule has 4 N–H and O–H groups in total. The quantitative estimate of drug-likeness (QED) is 0.0771. The number of methoxy groups -OCH3 is 1. The molecule has 0 saturated carbocycles. The lowest BCUT2D eigenvalue weighted by molar-refractivity contribution is 0.112. The van der Waals surface area contributed by atoms with Crippen LogP contribution in [-0.4, -0.2) is 60.9 Å². The summed E-state index contributed by atoms with van der Waals surface area (Å²) in [7, 11) is 2.60. The number of fused-ring (bicyclic) bond motifs is 1. The number of nitrogens with zero attached hydrogens (tertiary/aromatic N) is 3. The Morgan fingerprint density at radius 3 is 2.32 bits per heavy atom. The van der Waals surface area contributed by atoms with E-state index in [2.05, 4.69) is 20.0 Å². The number of aromatic amines is 1. The third-order valence-corrected chi connectivity index (χ3v) is 6.63. The van der Waals surface area contributed by atoms with E-state index in [1.807, 2.05) is 24.3 Å². The van der Waals surface area contributed by atoms with E-state index in [0.29, 0.717) is 35.9 Å². The van der Waals surface area contributed by atoms with Crippen molar-refractivity contribution in [1.82, 2.24) is 9.97 Å². The number of carbonyl (C=O) groups excluding carboxylic acids is 1. The summed E-state index contributed by atoms with van der Waals surface area (Å²) in [6.07, 6.45) is 2.12. The average Bonchev–Trinajstić information content (AvgIpc) is 3.45. The van der Waals surface area contributed by atoms with Gasteiger partial charge < -0.3 is 25.3 Å². The molecule has 1 aromatic heterocycles. The number of aryl methyl sites for hydroxylation is 1. The van der Waals surface area contributed by atoms with Gasteiger partial charge in [-0.25, -0.2) is 13.8 Å². The number of nitrogens with one attached hydrogen (secondary N) is 1. The number of aliphatic hydroxyl groups excluding tert-OH is 1. The first-order chi connectivity index (χ1) is 21.4. The lowest BCUT2D eigenvalue weighted by Gasteiger charge is -2.08. The molecule has 0 atom stereocenters. The van der Waals surface area contributed by atoms with Crippen LogP contribution in [0.1, 0.15) is 21.5 Å². The number of benzene rings is 4. The Hall–Kier alpha value is -5.26. The second kappa shape index (κ2) is 14.8. The number of nitrogens with two attached hydrogens (primary N) is 1. The van der Waals surface area contributed by atoms with Gasteiger partial charge in [0.05, 0.1) is 24.2 Å². The molecule has 4 aromatic carbocycles. The van der Waals surface area contributed by atoms with Gasteiger partial charge >= 0.3 is 0 Å². The second-order valence-corrected chi connectivity index (χ2v) is 9.41. The first-order valence-electron chi connectivity index (χ1n) is 13.5. The first-order valence-corrected chi connectivity index (χ1v) is 13.5. The Bertz CT molecular complexity index is 1800. The summed E-state index contributed by atoms with van der Waals surface area (Å²) in [6, 6.07) is 20.4. The molecule has 0 radical (unpaired) electrons. The molecule has 1 heterocycles. The van der Waals surface area contributed by atoms with Crippen LogP contribution < -0.4 is 10.5 Å². The van der Waals surface area contributed by atoms with Crippen LogP contribution in [0.25, 0.3) is 33.3 Å². The molecule has 226 valence electrons. The number of hydrogen-bond acceptors (Lipinski definition) is 6. The highest BCUT2D eigenvalue weighted by molar-refractivity contribution is 6.01. The van der Waals surface area contributed by atoms with E-state index >= 15 is 8.78 Å². The van der Waals surface area contributed by atoms with Crippen molar-refractivity contribution in [2.45, 2.75) is 6.92 Å². The Balaban J connectivity index is 0.00000216. The predicted molar refractivity (Wildman–Crippen MR) is 168 cm³/mol. The highest BCUT2D eigenvalue weighted by Crippen LogP contribution is 2.34. The second-order valence-electron chi connectivity index (χ2n) is 9.41. The maximum atomic E-state index is 15.6. The molecule has 5 rings (SSSR count). The van der Waals surface area contributed by atoms with E-state index < -0.39 is 11.6 Å². The normalized spacial score (nSPS) is 11.5. The molecule has 9 nitrogen and oxygen atoms in total. The fourth-order valence-electron chi connectivity index (χ4n) is 4.33. The highest BCUT2D eigenvalue weighted by atomic mass is 19.1. The molecule has 0 aliphatic rings. The maximum absolute atomic E-state index is 15.6. The molecular weight excluding hydrogens is 568 g/mol. The largest absolute Gasteiger partial charge is 0.426 e. The van der Waals surface area contributed by atoms with E-state index in [4.69, 9.17) is 20.3 Å². The van der Waals surface area contributed by atoms with Crippen LogP contribution in [0.4, 0.5) is 8.78 Å². The van der Waals surface area contributed by atoms with Crippen LogP contribution in [-0.2, 0) is 4.74 Å². The van der Waals surface area contributed by atoms with Crippen molar-refractivity contribution < 1.29 is 28.2 Å². The van der Waals surface area contributed by atoms with Crippen LogP contribution in [0, 0.1) is 18.6 Å². The van der Waals surface area contributed by atoms with Crippen LogP contribution in [0.5, 0.6) is 11.8 Å². The fraction of sp³-hybridized carbons (Fsp3) is 0.152. The molecule has 0 fully saturated rings. The van der Waals surface area contributed by atoms with Crippen molar-refractivity contribution in [2.75, 3.05) is 27.4 Å². The summed E-state index contributed by atoms with van der Waals surface area (Å²) in [6.45, 7) is 2.80. The van der Waals surface area contributed by atoms with Gasteiger partial charge in [0.2, 0.25) is 0 Å². The van der Waals surface area contributed by atoms with Gasteiger partial charge in [-0.2, -0.15) is 4.98 Å². The minimum atomic E-state index is -0.814. The molecule has 0 bridgehead atoms. The lowest BCUT2D eigenvalue weighted by atomic mass is 9.98. The van der Waals surface area contributed by atoms with Gasteiger partial charge in [0.15, 0.2) is 5.82 Å². The van der Waals surface area contributed by atoms with Gasteiger partial charge in [-0.3, -0.25) is 9.79 Å². The van der Waals surface area contributed by atoms with Crippen molar-refractivity contribution in [2.24, 2.45) is 15.7 Å². The number of aliphatic imine (C=N–C) groups is 2. The highest BCUT2D eigenvalue weighted by Gasteiger charge is 2.20. The molecular formula is C33H31F2N5O4.